The number of rotatable bonds is 4. The molecular weight excluding hydrogens is 214 g/mol. The lowest BCUT2D eigenvalue weighted by atomic mass is 9.61. The van der Waals surface area contributed by atoms with Gasteiger partial charge in [0.25, 0.3) is 0 Å². The van der Waals surface area contributed by atoms with Crippen LogP contribution in [0.1, 0.15) is 52.4 Å². The van der Waals surface area contributed by atoms with Crippen molar-refractivity contribution in [2.75, 3.05) is 13.1 Å². The number of carboxylic acids is 1. The molecule has 98 valence electrons. The summed E-state index contributed by atoms with van der Waals surface area (Å²) in [5.74, 6) is 0.802. The normalized spacial score (nSPS) is 34.6. The number of carbonyl (C=O) groups is 1. The van der Waals surface area contributed by atoms with Crippen LogP contribution in [0.4, 0.5) is 0 Å². The molecule has 0 aromatic heterocycles. The van der Waals surface area contributed by atoms with E-state index in [1.807, 2.05) is 0 Å². The molecule has 0 atom stereocenters. The Balaban J connectivity index is 2.01. The van der Waals surface area contributed by atoms with Gasteiger partial charge in [-0.1, -0.05) is 20.3 Å². The van der Waals surface area contributed by atoms with Crippen LogP contribution in [0, 0.1) is 11.8 Å². The lowest BCUT2D eigenvalue weighted by Gasteiger charge is -2.56. The molecule has 1 aliphatic heterocycles. The minimum atomic E-state index is -0.627. The largest absolute Gasteiger partial charge is 0.481 e. The van der Waals surface area contributed by atoms with E-state index in [1.54, 1.807) is 0 Å². The third kappa shape index (κ3) is 2.65. The molecule has 1 aliphatic carbocycles. The van der Waals surface area contributed by atoms with Gasteiger partial charge < -0.3 is 5.11 Å². The first kappa shape index (κ1) is 12.9. The van der Waals surface area contributed by atoms with E-state index in [2.05, 4.69) is 18.7 Å². The van der Waals surface area contributed by atoms with Crippen LogP contribution in [-0.4, -0.2) is 34.6 Å². The summed E-state index contributed by atoms with van der Waals surface area (Å²) < 4.78 is 0. The lowest BCUT2D eigenvalue weighted by Crippen LogP contribution is -2.60. The van der Waals surface area contributed by atoms with Crippen LogP contribution in [0.5, 0.6) is 0 Å². The molecule has 1 saturated carbocycles. The molecule has 0 unspecified atom stereocenters. The predicted octanol–water partition coefficient (Wildman–Crippen LogP) is 2.75. The second-order valence-electron chi connectivity index (χ2n) is 6.25. The molecule has 0 radical (unpaired) electrons. The average molecular weight is 239 g/mol. The molecule has 3 nitrogen and oxygen atoms in total. The average Bonchev–Trinajstić information content (AvgIpc) is 2.23. The van der Waals surface area contributed by atoms with Crippen LogP contribution in [0.2, 0.25) is 0 Å². The fourth-order valence-electron chi connectivity index (χ4n) is 3.55. The van der Waals surface area contributed by atoms with Crippen molar-refractivity contribution in [1.82, 2.24) is 4.90 Å². The predicted molar refractivity (Wildman–Crippen MR) is 68.0 cm³/mol. The first-order chi connectivity index (χ1) is 8.03. The van der Waals surface area contributed by atoms with E-state index in [9.17, 15) is 4.79 Å². The Morgan fingerprint density at radius 3 is 2.35 bits per heavy atom. The van der Waals surface area contributed by atoms with Crippen molar-refractivity contribution in [3.63, 3.8) is 0 Å². The Morgan fingerprint density at radius 1 is 1.29 bits per heavy atom. The Kier molecular flexibility index (Phi) is 3.76. The highest BCUT2D eigenvalue weighted by Gasteiger charge is 2.50. The van der Waals surface area contributed by atoms with Crippen LogP contribution in [0.25, 0.3) is 0 Å². The third-order valence-electron chi connectivity index (χ3n) is 4.73. The Labute approximate surface area is 104 Å². The maximum atomic E-state index is 11.1. The van der Waals surface area contributed by atoms with Gasteiger partial charge >= 0.3 is 5.97 Å². The van der Waals surface area contributed by atoms with Crippen LogP contribution >= 0.6 is 0 Å². The van der Waals surface area contributed by atoms with E-state index in [-0.39, 0.29) is 5.54 Å². The maximum absolute atomic E-state index is 11.1. The topological polar surface area (TPSA) is 40.5 Å². The van der Waals surface area contributed by atoms with Crippen molar-refractivity contribution in [1.29, 1.82) is 0 Å². The summed E-state index contributed by atoms with van der Waals surface area (Å²) in [7, 11) is 0. The number of carboxylic acid groups (broad SMARTS) is 1. The van der Waals surface area contributed by atoms with E-state index < -0.39 is 5.97 Å². The van der Waals surface area contributed by atoms with Crippen molar-refractivity contribution in [2.24, 2.45) is 11.8 Å². The number of likely N-dealkylation sites (tertiary alicyclic amines) is 1. The fraction of sp³-hybridized carbons (Fsp3) is 0.929. The van der Waals surface area contributed by atoms with Gasteiger partial charge in [0.15, 0.2) is 0 Å². The zero-order valence-electron chi connectivity index (χ0n) is 11.1. The molecule has 2 fully saturated rings. The molecule has 0 amide bonds. The molecule has 1 N–H and O–H groups in total. The van der Waals surface area contributed by atoms with Gasteiger partial charge in [-0.15, -0.1) is 0 Å². The molecule has 0 bridgehead atoms. The minimum absolute atomic E-state index is 0.00118. The Morgan fingerprint density at radius 2 is 1.88 bits per heavy atom. The summed E-state index contributed by atoms with van der Waals surface area (Å²) in [6, 6.07) is 0. The van der Waals surface area contributed by atoms with Crippen LogP contribution < -0.4 is 0 Å². The second kappa shape index (κ2) is 4.97. The smallest absolute Gasteiger partial charge is 0.305 e. The SMILES string of the molecule is CC(C)C1CC(CC(=O)O)(N2CCCCC2)C1. The standard InChI is InChI=1S/C14H25NO2/c1-11(2)12-8-14(9-12,10-13(16)17)15-6-4-3-5-7-15/h11-12H,3-10H2,1-2H3,(H,16,17). The second-order valence-corrected chi connectivity index (χ2v) is 6.25. The minimum Gasteiger partial charge on any atom is -0.481 e. The van der Waals surface area contributed by atoms with Gasteiger partial charge in [0, 0.05) is 5.54 Å². The fourth-order valence-corrected chi connectivity index (χ4v) is 3.55. The molecule has 2 aliphatic rings. The van der Waals surface area contributed by atoms with Gasteiger partial charge in [0.2, 0.25) is 0 Å². The van der Waals surface area contributed by atoms with E-state index in [4.69, 9.17) is 5.11 Å². The first-order valence-electron chi connectivity index (χ1n) is 7.00. The number of aliphatic carboxylic acids is 1. The highest BCUT2D eigenvalue weighted by molar-refractivity contribution is 5.68. The van der Waals surface area contributed by atoms with Crippen molar-refractivity contribution in [2.45, 2.75) is 57.9 Å². The van der Waals surface area contributed by atoms with Crippen LogP contribution in [0.15, 0.2) is 0 Å². The summed E-state index contributed by atoms with van der Waals surface area (Å²) in [5.41, 5.74) is 0.00118. The molecule has 0 aromatic rings. The van der Waals surface area contributed by atoms with Gasteiger partial charge in [-0.3, -0.25) is 9.69 Å². The number of nitrogens with zero attached hydrogens (tertiary/aromatic N) is 1. The molecular formula is C14H25NO2. The highest BCUT2D eigenvalue weighted by Crippen LogP contribution is 2.48. The van der Waals surface area contributed by atoms with Crippen molar-refractivity contribution < 1.29 is 9.90 Å². The summed E-state index contributed by atoms with van der Waals surface area (Å²) in [4.78, 5) is 13.6. The van der Waals surface area contributed by atoms with Crippen molar-refractivity contribution in [3.8, 4) is 0 Å². The molecule has 17 heavy (non-hydrogen) atoms. The molecule has 1 heterocycles. The van der Waals surface area contributed by atoms with Crippen molar-refractivity contribution in [3.05, 3.63) is 0 Å². The van der Waals surface area contributed by atoms with Gasteiger partial charge in [-0.2, -0.15) is 0 Å². The van der Waals surface area contributed by atoms with Gasteiger partial charge in [-0.25, -0.2) is 0 Å². The molecule has 0 spiro atoms. The van der Waals surface area contributed by atoms with E-state index >= 15 is 0 Å². The van der Waals surface area contributed by atoms with E-state index in [0.717, 1.165) is 31.8 Å². The number of hydrogen-bond acceptors (Lipinski definition) is 2. The Hall–Kier alpha value is -0.570. The van der Waals surface area contributed by atoms with Gasteiger partial charge in [0.1, 0.15) is 0 Å². The summed E-state index contributed by atoms with van der Waals surface area (Å²) >= 11 is 0. The summed E-state index contributed by atoms with van der Waals surface area (Å²) in [5, 5.41) is 9.14. The number of hydrogen-bond donors (Lipinski definition) is 1. The lowest BCUT2D eigenvalue weighted by molar-refractivity contribution is -0.146. The third-order valence-corrected chi connectivity index (χ3v) is 4.73. The maximum Gasteiger partial charge on any atom is 0.305 e. The molecule has 2 rings (SSSR count). The number of piperidine rings is 1. The highest BCUT2D eigenvalue weighted by atomic mass is 16.4. The quantitative estimate of drug-likeness (QED) is 0.820. The Bertz CT molecular complexity index is 276. The molecule has 3 heteroatoms. The summed E-state index contributed by atoms with van der Waals surface area (Å²) in [6.07, 6.45) is 6.33. The zero-order valence-corrected chi connectivity index (χ0v) is 11.1. The van der Waals surface area contributed by atoms with Crippen LogP contribution in [0.3, 0.4) is 0 Å². The first-order valence-corrected chi connectivity index (χ1v) is 7.00. The van der Waals surface area contributed by atoms with Crippen LogP contribution in [-0.2, 0) is 4.79 Å². The van der Waals surface area contributed by atoms with Crippen molar-refractivity contribution >= 4 is 5.97 Å². The van der Waals surface area contributed by atoms with E-state index in [1.165, 1.54) is 19.3 Å². The molecule has 1 saturated heterocycles. The van der Waals surface area contributed by atoms with Gasteiger partial charge in [0.05, 0.1) is 6.42 Å². The zero-order chi connectivity index (χ0) is 12.5. The summed E-state index contributed by atoms with van der Waals surface area (Å²) in [6.45, 7) is 6.73. The van der Waals surface area contributed by atoms with Gasteiger partial charge in [-0.05, 0) is 50.6 Å². The monoisotopic (exact) mass is 239 g/mol. The molecule has 0 aromatic carbocycles. The van der Waals surface area contributed by atoms with E-state index in [0.29, 0.717) is 12.3 Å².